The molecule has 0 spiro atoms. The summed E-state index contributed by atoms with van der Waals surface area (Å²) < 4.78 is 0. The SMILES string of the molecule is CC.O=[N+]([O-])OCC(CSSc1cccc(S)c1)O[N+](=O)[O-]. The third kappa shape index (κ3) is 10.4. The molecule has 1 unspecified atom stereocenters. The molecule has 0 radical (unpaired) electrons. The second kappa shape index (κ2) is 12.2. The predicted octanol–water partition coefficient (Wildman–Crippen LogP) is 3.53. The van der Waals surface area contributed by atoms with Gasteiger partial charge in [-0.1, -0.05) is 41.5 Å². The number of hydrogen-bond acceptors (Lipinski definition) is 9. The summed E-state index contributed by atoms with van der Waals surface area (Å²) in [6, 6.07) is 7.33. The van der Waals surface area contributed by atoms with Crippen LogP contribution < -0.4 is 0 Å². The molecule has 124 valence electrons. The van der Waals surface area contributed by atoms with Crippen LogP contribution in [0.1, 0.15) is 13.8 Å². The summed E-state index contributed by atoms with van der Waals surface area (Å²) >= 11 is 4.19. The molecule has 0 heterocycles. The maximum atomic E-state index is 10.3. The van der Waals surface area contributed by atoms with Gasteiger partial charge in [-0.25, -0.2) is 0 Å². The molecule has 0 saturated heterocycles. The fraction of sp³-hybridized carbons (Fsp3) is 0.455. The fourth-order valence-corrected chi connectivity index (χ4v) is 3.60. The number of thiol groups is 1. The van der Waals surface area contributed by atoms with Crippen LogP contribution in [-0.4, -0.2) is 28.6 Å². The van der Waals surface area contributed by atoms with Crippen molar-refractivity contribution in [2.24, 2.45) is 0 Å². The van der Waals surface area contributed by atoms with Gasteiger partial charge in [0.05, 0.1) is 0 Å². The van der Waals surface area contributed by atoms with Crippen molar-refractivity contribution in [3.63, 3.8) is 0 Å². The number of hydrogen-bond donors (Lipinski definition) is 1. The van der Waals surface area contributed by atoms with E-state index in [1.807, 2.05) is 38.1 Å². The molecule has 0 aliphatic rings. The molecule has 22 heavy (non-hydrogen) atoms. The van der Waals surface area contributed by atoms with Crippen molar-refractivity contribution in [1.29, 1.82) is 0 Å². The maximum absolute atomic E-state index is 10.3. The minimum atomic E-state index is -1.02. The summed E-state index contributed by atoms with van der Waals surface area (Å²) in [6.07, 6.45) is -1.01. The van der Waals surface area contributed by atoms with E-state index in [4.69, 9.17) is 0 Å². The van der Waals surface area contributed by atoms with Gasteiger partial charge in [0.1, 0.15) is 12.7 Å². The molecule has 0 N–H and O–H groups in total. The third-order valence-corrected chi connectivity index (χ3v) is 4.52. The zero-order valence-electron chi connectivity index (χ0n) is 11.9. The van der Waals surface area contributed by atoms with Gasteiger partial charge >= 0.3 is 0 Å². The molecular weight excluding hydrogens is 352 g/mol. The molecule has 0 saturated carbocycles. The highest BCUT2D eigenvalue weighted by atomic mass is 33.1. The predicted molar refractivity (Wildman–Crippen MR) is 88.2 cm³/mol. The highest BCUT2D eigenvalue weighted by Crippen LogP contribution is 2.32. The average molecular weight is 368 g/mol. The Balaban J connectivity index is 0.00000211. The number of benzene rings is 1. The second-order valence-corrected chi connectivity index (χ2v) is 6.27. The topological polar surface area (TPSA) is 105 Å². The fourth-order valence-electron chi connectivity index (χ4n) is 1.09. The summed E-state index contributed by atoms with van der Waals surface area (Å²) in [6.45, 7) is 3.51. The summed E-state index contributed by atoms with van der Waals surface area (Å²) in [7, 11) is 2.63. The maximum Gasteiger partial charge on any atom is 0.294 e. The molecule has 1 aromatic rings. The van der Waals surface area contributed by atoms with Gasteiger partial charge in [-0.3, -0.25) is 0 Å². The van der Waals surface area contributed by atoms with E-state index in [0.717, 1.165) is 9.79 Å². The van der Waals surface area contributed by atoms with Crippen LogP contribution in [0.5, 0.6) is 0 Å². The molecular formula is C11H16N2O6S3. The highest BCUT2D eigenvalue weighted by Gasteiger charge is 2.16. The van der Waals surface area contributed by atoms with E-state index in [1.54, 1.807) is 0 Å². The Kier molecular flexibility index (Phi) is 11.5. The zero-order chi connectivity index (χ0) is 17.0. The molecule has 11 heteroatoms. The van der Waals surface area contributed by atoms with Crippen molar-refractivity contribution in [3.8, 4) is 0 Å². The van der Waals surface area contributed by atoms with Crippen LogP contribution in [0.2, 0.25) is 0 Å². The Labute approximate surface area is 141 Å². The molecule has 0 aliphatic heterocycles. The minimum absolute atomic E-state index is 0.163. The molecule has 0 bridgehead atoms. The molecule has 0 aromatic heterocycles. The zero-order valence-corrected chi connectivity index (χ0v) is 14.4. The van der Waals surface area contributed by atoms with Gasteiger partial charge in [-0.15, -0.1) is 32.9 Å². The summed E-state index contributed by atoms with van der Waals surface area (Å²) in [5.41, 5.74) is 0. The van der Waals surface area contributed by atoms with Crippen LogP contribution in [0.4, 0.5) is 0 Å². The Hall–Kier alpha value is -1.33. The van der Waals surface area contributed by atoms with Crippen molar-refractivity contribution < 1.29 is 19.8 Å². The van der Waals surface area contributed by atoms with E-state index in [9.17, 15) is 20.2 Å². The Morgan fingerprint density at radius 1 is 1.27 bits per heavy atom. The van der Waals surface area contributed by atoms with Crippen molar-refractivity contribution in [1.82, 2.24) is 0 Å². The Bertz CT molecular complexity index is 477. The van der Waals surface area contributed by atoms with Gasteiger partial charge < -0.3 is 9.68 Å². The normalized spacial score (nSPS) is 10.9. The van der Waals surface area contributed by atoms with Gasteiger partial charge in [0.15, 0.2) is 0 Å². The van der Waals surface area contributed by atoms with Gasteiger partial charge in [0.2, 0.25) is 0 Å². The van der Waals surface area contributed by atoms with Gasteiger partial charge in [0.25, 0.3) is 10.2 Å². The second-order valence-electron chi connectivity index (χ2n) is 3.34. The lowest BCUT2D eigenvalue weighted by Crippen LogP contribution is -2.26. The van der Waals surface area contributed by atoms with E-state index < -0.39 is 22.9 Å². The van der Waals surface area contributed by atoms with E-state index in [0.29, 0.717) is 0 Å². The molecule has 0 aliphatic carbocycles. The average Bonchev–Trinajstić information content (AvgIpc) is 2.46. The van der Waals surface area contributed by atoms with Crippen molar-refractivity contribution in [2.75, 3.05) is 12.4 Å². The summed E-state index contributed by atoms with van der Waals surface area (Å²) in [5, 5.41) is 18.3. The van der Waals surface area contributed by atoms with E-state index in [1.165, 1.54) is 21.6 Å². The van der Waals surface area contributed by atoms with Gasteiger partial charge in [-0.2, -0.15) is 0 Å². The smallest absolute Gasteiger partial charge is 0.294 e. The number of nitrogens with zero attached hydrogens (tertiary/aromatic N) is 2. The molecule has 0 fully saturated rings. The highest BCUT2D eigenvalue weighted by molar-refractivity contribution is 8.76. The van der Waals surface area contributed by atoms with Crippen molar-refractivity contribution in [3.05, 3.63) is 44.5 Å². The Morgan fingerprint density at radius 2 is 1.95 bits per heavy atom. The van der Waals surface area contributed by atoms with Crippen molar-refractivity contribution in [2.45, 2.75) is 29.7 Å². The monoisotopic (exact) mass is 368 g/mol. The van der Waals surface area contributed by atoms with E-state index in [-0.39, 0.29) is 5.75 Å². The first-order valence-electron chi connectivity index (χ1n) is 6.14. The van der Waals surface area contributed by atoms with Crippen LogP contribution in [0.25, 0.3) is 0 Å². The lowest BCUT2D eigenvalue weighted by atomic mass is 10.4. The van der Waals surface area contributed by atoms with Crippen LogP contribution >= 0.6 is 34.2 Å². The standard InChI is InChI=1S/C9H10N2O6S3.C2H6/c12-10(13)16-5-7(17-11(14)15)6-19-20-9-3-1-2-8(18)4-9;1-2/h1-4,7,18H,5-6H2;1-2H3. The molecule has 1 atom stereocenters. The lowest BCUT2D eigenvalue weighted by Gasteiger charge is -2.12. The minimum Gasteiger partial charge on any atom is -0.312 e. The number of rotatable bonds is 9. The molecule has 8 nitrogen and oxygen atoms in total. The van der Waals surface area contributed by atoms with Crippen LogP contribution in [0.15, 0.2) is 34.1 Å². The van der Waals surface area contributed by atoms with Crippen molar-refractivity contribution >= 4 is 34.2 Å². The summed E-state index contributed by atoms with van der Waals surface area (Å²) in [5.74, 6) is 0.163. The van der Waals surface area contributed by atoms with Crippen LogP contribution in [0.3, 0.4) is 0 Å². The van der Waals surface area contributed by atoms with Crippen LogP contribution in [0, 0.1) is 20.2 Å². The van der Waals surface area contributed by atoms with E-state index >= 15 is 0 Å². The first-order chi connectivity index (χ1) is 10.5. The quantitative estimate of drug-likeness (QED) is 0.305. The Morgan fingerprint density at radius 3 is 2.50 bits per heavy atom. The van der Waals surface area contributed by atoms with Gasteiger partial charge in [0, 0.05) is 15.5 Å². The summed E-state index contributed by atoms with van der Waals surface area (Å²) in [4.78, 5) is 30.4. The first kappa shape index (κ1) is 20.7. The third-order valence-electron chi connectivity index (χ3n) is 1.83. The largest absolute Gasteiger partial charge is 0.312 e. The first-order valence-corrected chi connectivity index (χ1v) is 8.91. The lowest BCUT2D eigenvalue weighted by molar-refractivity contribution is -0.788. The molecule has 1 aromatic carbocycles. The van der Waals surface area contributed by atoms with Crippen LogP contribution in [-0.2, 0) is 9.68 Å². The molecule has 0 amide bonds. The molecule has 1 rings (SSSR count). The van der Waals surface area contributed by atoms with Gasteiger partial charge in [-0.05, 0) is 18.2 Å². The van der Waals surface area contributed by atoms with E-state index in [2.05, 4.69) is 22.3 Å².